The fourth-order valence-corrected chi connectivity index (χ4v) is 1.79. The summed E-state index contributed by atoms with van der Waals surface area (Å²) in [5.41, 5.74) is 6.78. The summed E-state index contributed by atoms with van der Waals surface area (Å²) < 4.78 is 1.59. The van der Waals surface area contributed by atoms with Crippen molar-refractivity contribution in [3.8, 4) is 0 Å². The van der Waals surface area contributed by atoms with Gasteiger partial charge in [-0.1, -0.05) is 0 Å². The lowest BCUT2D eigenvalue weighted by Gasteiger charge is -2.07. The Morgan fingerprint density at radius 3 is 2.60 bits per heavy atom. The van der Waals surface area contributed by atoms with E-state index in [1.54, 1.807) is 4.68 Å². The van der Waals surface area contributed by atoms with Crippen LogP contribution in [0.1, 0.15) is 54.7 Å². The molecule has 5 nitrogen and oxygen atoms in total. The monoisotopic (exact) mass is 209 g/mol. The molecule has 1 aliphatic carbocycles. The van der Waals surface area contributed by atoms with E-state index in [-0.39, 0.29) is 11.7 Å². The number of carboxylic acid groups (broad SMARTS) is 1. The zero-order chi connectivity index (χ0) is 11.2. The second-order valence-corrected chi connectivity index (χ2v) is 4.27. The van der Waals surface area contributed by atoms with Crippen molar-refractivity contribution in [1.29, 1.82) is 0 Å². The molecule has 2 rings (SSSR count). The third kappa shape index (κ3) is 1.58. The highest BCUT2D eigenvalue weighted by molar-refractivity contribution is 5.89. The number of hydrogen-bond acceptors (Lipinski definition) is 3. The Balaban J connectivity index is 2.53. The second kappa shape index (κ2) is 3.25. The smallest absolute Gasteiger partial charge is 0.356 e. The molecule has 0 spiro atoms. The molecule has 0 bridgehead atoms. The predicted octanol–water partition coefficient (Wildman–Crippen LogP) is 1.62. The number of nitrogen functional groups attached to an aromatic ring is 1. The molecule has 0 unspecified atom stereocenters. The van der Waals surface area contributed by atoms with Crippen molar-refractivity contribution >= 4 is 11.8 Å². The van der Waals surface area contributed by atoms with Crippen LogP contribution in [-0.2, 0) is 0 Å². The van der Waals surface area contributed by atoms with Gasteiger partial charge in [0.1, 0.15) is 5.82 Å². The minimum Gasteiger partial charge on any atom is -0.476 e. The summed E-state index contributed by atoms with van der Waals surface area (Å²) in [6.07, 6.45) is 2.04. The topological polar surface area (TPSA) is 81.1 Å². The van der Waals surface area contributed by atoms with E-state index in [1.807, 2.05) is 13.8 Å². The van der Waals surface area contributed by atoms with Crippen molar-refractivity contribution in [2.24, 2.45) is 0 Å². The normalized spacial score (nSPS) is 15.9. The Morgan fingerprint density at radius 2 is 2.20 bits per heavy atom. The van der Waals surface area contributed by atoms with Gasteiger partial charge < -0.3 is 10.8 Å². The zero-order valence-electron chi connectivity index (χ0n) is 8.90. The van der Waals surface area contributed by atoms with Crippen LogP contribution >= 0.6 is 0 Å². The van der Waals surface area contributed by atoms with Gasteiger partial charge >= 0.3 is 5.97 Å². The van der Waals surface area contributed by atoms with Gasteiger partial charge in [-0.25, -0.2) is 9.48 Å². The van der Waals surface area contributed by atoms with Crippen LogP contribution < -0.4 is 5.73 Å². The minimum absolute atomic E-state index is 0.0931. The van der Waals surface area contributed by atoms with Crippen LogP contribution in [0.4, 0.5) is 5.82 Å². The lowest BCUT2D eigenvalue weighted by Crippen LogP contribution is -2.08. The number of aromatic nitrogens is 2. The standard InChI is InChI=1S/C10H15N3O2/c1-5(2)13-9(11)7(6-3-4-6)8(12-13)10(14)15/h5-6H,3-4,11H2,1-2H3,(H,14,15). The highest BCUT2D eigenvalue weighted by atomic mass is 16.4. The van der Waals surface area contributed by atoms with Crippen LogP contribution in [0.15, 0.2) is 0 Å². The first-order chi connectivity index (χ1) is 7.02. The van der Waals surface area contributed by atoms with E-state index in [4.69, 9.17) is 10.8 Å². The Bertz CT molecular complexity index is 405. The zero-order valence-corrected chi connectivity index (χ0v) is 8.90. The van der Waals surface area contributed by atoms with Crippen LogP contribution in [0.3, 0.4) is 0 Å². The number of hydrogen-bond donors (Lipinski definition) is 2. The van der Waals surface area contributed by atoms with Crippen LogP contribution in [0.2, 0.25) is 0 Å². The van der Waals surface area contributed by atoms with Crippen molar-refractivity contribution in [2.75, 3.05) is 5.73 Å². The molecule has 0 aromatic carbocycles. The van der Waals surface area contributed by atoms with E-state index < -0.39 is 5.97 Å². The van der Waals surface area contributed by atoms with Crippen LogP contribution in [-0.4, -0.2) is 20.9 Å². The van der Waals surface area contributed by atoms with Gasteiger partial charge in [0.15, 0.2) is 5.69 Å². The molecule has 15 heavy (non-hydrogen) atoms. The molecule has 1 fully saturated rings. The van der Waals surface area contributed by atoms with Crippen molar-refractivity contribution in [3.05, 3.63) is 11.3 Å². The average molecular weight is 209 g/mol. The first-order valence-corrected chi connectivity index (χ1v) is 5.13. The highest BCUT2D eigenvalue weighted by Gasteiger charge is 2.34. The number of nitrogens with zero attached hydrogens (tertiary/aromatic N) is 2. The molecule has 0 aliphatic heterocycles. The molecule has 0 saturated heterocycles. The van der Waals surface area contributed by atoms with Gasteiger partial charge in [0.25, 0.3) is 0 Å². The molecule has 0 atom stereocenters. The van der Waals surface area contributed by atoms with E-state index in [2.05, 4.69) is 5.10 Å². The van der Waals surface area contributed by atoms with Crippen molar-refractivity contribution < 1.29 is 9.90 Å². The molecule has 1 aromatic heterocycles. The fourth-order valence-electron chi connectivity index (χ4n) is 1.79. The van der Waals surface area contributed by atoms with Crippen molar-refractivity contribution in [1.82, 2.24) is 9.78 Å². The Hall–Kier alpha value is -1.52. The molecular formula is C10H15N3O2. The first kappa shape index (κ1) is 10.0. The Labute approximate surface area is 87.9 Å². The molecular weight excluding hydrogens is 194 g/mol. The van der Waals surface area contributed by atoms with Crippen molar-refractivity contribution in [2.45, 2.75) is 38.6 Å². The lowest BCUT2D eigenvalue weighted by molar-refractivity contribution is 0.0688. The summed E-state index contributed by atoms with van der Waals surface area (Å²) in [4.78, 5) is 11.0. The summed E-state index contributed by atoms with van der Waals surface area (Å²) in [5, 5.41) is 13.1. The molecule has 1 heterocycles. The minimum atomic E-state index is -0.983. The number of nitrogens with two attached hydrogens (primary N) is 1. The van der Waals surface area contributed by atoms with Crippen LogP contribution in [0.5, 0.6) is 0 Å². The number of rotatable bonds is 3. The van der Waals surface area contributed by atoms with Gasteiger partial charge in [0.05, 0.1) is 0 Å². The maximum Gasteiger partial charge on any atom is 0.356 e. The third-order valence-corrected chi connectivity index (χ3v) is 2.66. The number of carboxylic acids is 1. The van der Waals surface area contributed by atoms with Gasteiger partial charge in [-0.3, -0.25) is 0 Å². The van der Waals surface area contributed by atoms with Gasteiger partial charge in [-0.05, 0) is 32.6 Å². The molecule has 0 amide bonds. The largest absolute Gasteiger partial charge is 0.476 e. The number of aromatic carboxylic acids is 1. The van der Waals surface area contributed by atoms with Crippen LogP contribution in [0, 0.1) is 0 Å². The Kier molecular flexibility index (Phi) is 2.17. The van der Waals surface area contributed by atoms with E-state index in [0.717, 1.165) is 18.4 Å². The van der Waals surface area contributed by atoms with E-state index >= 15 is 0 Å². The lowest BCUT2D eigenvalue weighted by atomic mass is 10.1. The average Bonchev–Trinajstić information content (AvgIpc) is 2.89. The molecule has 1 aromatic rings. The van der Waals surface area contributed by atoms with E-state index in [0.29, 0.717) is 11.7 Å². The Morgan fingerprint density at radius 1 is 1.60 bits per heavy atom. The first-order valence-electron chi connectivity index (χ1n) is 5.13. The van der Waals surface area contributed by atoms with E-state index in [1.165, 1.54) is 0 Å². The van der Waals surface area contributed by atoms with Crippen LogP contribution in [0.25, 0.3) is 0 Å². The van der Waals surface area contributed by atoms with Gasteiger partial charge in [-0.15, -0.1) is 0 Å². The predicted molar refractivity (Wildman–Crippen MR) is 56.0 cm³/mol. The molecule has 1 aliphatic rings. The highest BCUT2D eigenvalue weighted by Crippen LogP contribution is 2.44. The summed E-state index contributed by atoms with van der Waals surface area (Å²) in [6.45, 7) is 3.87. The summed E-state index contributed by atoms with van der Waals surface area (Å²) in [6, 6.07) is 0.0931. The molecule has 5 heteroatoms. The number of carbonyl (C=O) groups is 1. The van der Waals surface area contributed by atoms with Gasteiger partial charge in [0, 0.05) is 11.6 Å². The summed E-state index contributed by atoms with van der Waals surface area (Å²) >= 11 is 0. The summed E-state index contributed by atoms with van der Waals surface area (Å²) in [7, 11) is 0. The maximum atomic E-state index is 11.0. The molecule has 3 N–H and O–H groups in total. The van der Waals surface area contributed by atoms with Gasteiger partial charge in [0.2, 0.25) is 0 Å². The number of anilines is 1. The quantitative estimate of drug-likeness (QED) is 0.792. The SMILES string of the molecule is CC(C)n1nc(C(=O)O)c(C2CC2)c1N. The molecule has 1 saturated carbocycles. The van der Waals surface area contributed by atoms with Crippen molar-refractivity contribution in [3.63, 3.8) is 0 Å². The molecule has 0 radical (unpaired) electrons. The van der Waals surface area contributed by atoms with E-state index in [9.17, 15) is 4.79 Å². The van der Waals surface area contributed by atoms with Gasteiger partial charge in [-0.2, -0.15) is 5.10 Å². The fraction of sp³-hybridized carbons (Fsp3) is 0.600. The third-order valence-electron chi connectivity index (χ3n) is 2.66. The summed E-state index contributed by atoms with van der Waals surface area (Å²) in [5.74, 6) is -0.156. The maximum absolute atomic E-state index is 11.0. The second-order valence-electron chi connectivity index (χ2n) is 4.27. The molecule has 82 valence electrons.